The summed E-state index contributed by atoms with van der Waals surface area (Å²) in [6.07, 6.45) is 6.14. The third kappa shape index (κ3) is 2.35. The minimum absolute atomic E-state index is 0.277. The molecule has 1 aliphatic carbocycles. The van der Waals surface area contributed by atoms with E-state index in [-0.39, 0.29) is 5.41 Å². The van der Waals surface area contributed by atoms with Crippen molar-refractivity contribution in [3.05, 3.63) is 24.8 Å². The van der Waals surface area contributed by atoms with Gasteiger partial charge in [-0.3, -0.25) is 0 Å². The summed E-state index contributed by atoms with van der Waals surface area (Å²) in [5, 5.41) is 0. The molecule has 0 heteroatoms. The van der Waals surface area contributed by atoms with Crippen LogP contribution in [0.3, 0.4) is 0 Å². The van der Waals surface area contributed by atoms with E-state index in [0.29, 0.717) is 5.92 Å². The third-order valence-electron chi connectivity index (χ3n) is 4.25. The molecule has 1 rings (SSSR count). The zero-order valence-corrected chi connectivity index (χ0v) is 10.8. The fourth-order valence-electron chi connectivity index (χ4n) is 3.41. The van der Waals surface area contributed by atoms with Crippen LogP contribution in [0, 0.1) is 23.2 Å². The molecule has 0 aromatic rings. The summed E-state index contributed by atoms with van der Waals surface area (Å²) in [6.45, 7) is 17.5. The Hall–Kier alpha value is -0.520. The molecule has 0 radical (unpaired) electrons. The molecule has 0 aromatic carbocycles. The summed E-state index contributed by atoms with van der Waals surface area (Å²) in [6, 6.07) is 0. The minimum atomic E-state index is 0.277. The summed E-state index contributed by atoms with van der Waals surface area (Å²) in [5.74, 6) is 2.18. The third-order valence-corrected chi connectivity index (χ3v) is 4.25. The molecule has 0 bridgehead atoms. The zero-order valence-electron chi connectivity index (χ0n) is 10.8. The molecule has 15 heavy (non-hydrogen) atoms. The summed E-state index contributed by atoms with van der Waals surface area (Å²) in [5.41, 5.74) is 1.62. The van der Waals surface area contributed by atoms with Crippen LogP contribution in [0.25, 0.3) is 0 Å². The van der Waals surface area contributed by atoms with Crippen molar-refractivity contribution in [1.82, 2.24) is 0 Å². The van der Waals surface area contributed by atoms with E-state index in [2.05, 4.69) is 46.9 Å². The van der Waals surface area contributed by atoms with Gasteiger partial charge in [0.05, 0.1) is 0 Å². The molecule has 0 unspecified atom stereocenters. The Balaban J connectivity index is 3.01. The number of hydrogen-bond donors (Lipinski definition) is 0. The molecule has 1 aliphatic rings. The van der Waals surface area contributed by atoms with Gasteiger partial charge < -0.3 is 0 Å². The van der Waals surface area contributed by atoms with Crippen molar-refractivity contribution in [3.8, 4) is 0 Å². The van der Waals surface area contributed by atoms with Gasteiger partial charge in [-0.2, -0.15) is 0 Å². The monoisotopic (exact) mass is 206 g/mol. The van der Waals surface area contributed by atoms with Crippen molar-refractivity contribution in [2.24, 2.45) is 23.2 Å². The van der Waals surface area contributed by atoms with Crippen LogP contribution in [0.15, 0.2) is 24.8 Å². The van der Waals surface area contributed by atoms with E-state index >= 15 is 0 Å². The topological polar surface area (TPSA) is 0 Å². The molecule has 0 heterocycles. The van der Waals surface area contributed by atoms with Crippen molar-refractivity contribution in [2.75, 3.05) is 0 Å². The molecule has 0 aromatic heterocycles. The number of allylic oxidation sites excluding steroid dienone is 2. The van der Waals surface area contributed by atoms with Crippen LogP contribution in [-0.4, -0.2) is 0 Å². The molecular weight excluding hydrogens is 180 g/mol. The van der Waals surface area contributed by atoms with Crippen molar-refractivity contribution < 1.29 is 0 Å². The highest BCUT2D eigenvalue weighted by Crippen LogP contribution is 2.50. The Bertz CT molecular complexity index is 249. The van der Waals surface area contributed by atoms with Crippen LogP contribution < -0.4 is 0 Å². The van der Waals surface area contributed by atoms with Gasteiger partial charge in [0, 0.05) is 0 Å². The fourth-order valence-corrected chi connectivity index (χ4v) is 3.41. The van der Waals surface area contributed by atoms with E-state index in [4.69, 9.17) is 0 Å². The van der Waals surface area contributed by atoms with E-state index in [9.17, 15) is 0 Å². The SMILES string of the molecule is C=C[C@]1(C)CCC[C@H](C(C)C)[C@H]1C(=C)C. The van der Waals surface area contributed by atoms with Gasteiger partial charge in [-0.15, -0.1) is 6.58 Å². The maximum Gasteiger partial charge on any atom is -0.00812 e. The molecule has 86 valence electrons. The lowest BCUT2D eigenvalue weighted by Gasteiger charge is -2.47. The quantitative estimate of drug-likeness (QED) is 0.580. The van der Waals surface area contributed by atoms with E-state index in [0.717, 1.165) is 11.8 Å². The Kier molecular flexibility index (Phi) is 3.81. The largest absolute Gasteiger partial charge is 0.103 e. The molecular formula is C15H26. The van der Waals surface area contributed by atoms with E-state index in [1.165, 1.54) is 24.8 Å². The van der Waals surface area contributed by atoms with Crippen LogP contribution in [0.2, 0.25) is 0 Å². The lowest BCUT2D eigenvalue weighted by Crippen LogP contribution is -2.38. The summed E-state index contributed by atoms with van der Waals surface area (Å²) >= 11 is 0. The van der Waals surface area contributed by atoms with E-state index in [1.807, 2.05) is 0 Å². The van der Waals surface area contributed by atoms with Gasteiger partial charge in [-0.25, -0.2) is 0 Å². The van der Waals surface area contributed by atoms with Crippen molar-refractivity contribution in [2.45, 2.75) is 47.0 Å². The minimum Gasteiger partial charge on any atom is -0.103 e. The standard InChI is InChI=1S/C15H26/c1-7-15(6)10-8-9-13(11(2)3)14(15)12(4)5/h7,11,13-14H,1,4,8-10H2,2-3,5-6H3/t13-,14-,15-/m1/s1. The molecule has 0 aliphatic heterocycles. The van der Waals surface area contributed by atoms with Crippen LogP contribution >= 0.6 is 0 Å². The highest BCUT2D eigenvalue weighted by molar-refractivity contribution is 5.13. The second-order valence-corrected chi connectivity index (χ2v) is 5.83. The Morgan fingerprint density at radius 3 is 2.47 bits per heavy atom. The molecule has 0 N–H and O–H groups in total. The van der Waals surface area contributed by atoms with Gasteiger partial charge in [0.25, 0.3) is 0 Å². The first-order valence-electron chi connectivity index (χ1n) is 6.21. The fraction of sp³-hybridized carbons (Fsp3) is 0.733. The molecule has 3 atom stereocenters. The smallest absolute Gasteiger partial charge is 0.00812 e. The first-order valence-corrected chi connectivity index (χ1v) is 6.21. The predicted octanol–water partition coefficient (Wildman–Crippen LogP) is 4.83. The molecule has 0 saturated heterocycles. The van der Waals surface area contributed by atoms with Gasteiger partial charge in [0.2, 0.25) is 0 Å². The maximum absolute atomic E-state index is 4.21. The first-order chi connectivity index (χ1) is 6.92. The zero-order chi connectivity index (χ0) is 11.6. The van der Waals surface area contributed by atoms with Gasteiger partial charge in [0.1, 0.15) is 0 Å². The Morgan fingerprint density at radius 2 is 2.07 bits per heavy atom. The van der Waals surface area contributed by atoms with Crippen molar-refractivity contribution >= 4 is 0 Å². The molecule has 1 saturated carbocycles. The molecule has 1 fully saturated rings. The van der Waals surface area contributed by atoms with Crippen molar-refractivity contribution in [3.63, 3.8) is 0 Å². The van der Waals surface area contributed by atoms with Gasteiger partial charge in [0.15, 0.2) is 0 Å². The van der Waals surface area contributed by atoms with Crippen molar-refractivity contribution in [1.29, 1.82) is 0 Å². The molecule has 0 amide bonds. The number of hydrogen-bond acceptors (Lipinski definition) is 0. The first kappa shape index (κ1) is 12.5. The average molecular weight is 206 g/mol. The van der Waals surface area contributed by atoms with Crippen LogP contribution in [0.5, 0.6) is 0 Å². The molecule has 0 spiro atoms. The predicted molar refractivity (Wildman–Crippen MR) is 68.8 cm³/mol. The summed E-state index contributed by atoms with van der Waals surface area (Å²) in [7, 11) is 0. The highest BCUT2D eigenvalue weighted by atomic mass is 14.5. The van der Waals surface area contributed by atoms with Crippen LogP contribution in [-0.2, 0) is 0 Å². The van der Waals surface area contributed by atoms with Crippen LogP contribution in [0.4, 0.5) is 0 Å². The Morgan fingerprint density at radius 1 is 1.47 bits per heavy atom. The van der Waals surface area contributed by atoms with Gasteiger partial charge in [-0.05, 0) is 42.9 Å². The maximum atomic E-state index is 4.21. The highest BCUT2D eigenvalue weighted by Gasteiger charge is 2.41. The van der Waals surface area contributed by atoms with E-state index < -0.39 is 0 Å². The second-order valence-electron chi connectivity index (χ2n) is 5.83. The van der Waals surface area contributed by atoms with Crippen LogP contribution in [0.1, 0.15) is 47.0 Å². The lowest BCUT2D eigenvalue weighted by molar-refractivity contribution is 0.0985. The summed E-state index contributed by atoms with van der Waals surface area (Å²) in [4.78, 5) is 0. The van der Waals surface area contributed by atoms with Gasteiger partial charge in [-0.1, -0.05) is 45.4 Å². The lowest BCUT2D eigenvalue weighted by atomic mass is 9.58. The second kappa shape index (κ2) is 4.55. The normalized spacial score (nSPS) is 36.6. The van der Waals surface area contributed by atoms with Gasteiger partial charge >= 0.3 is 0 Å². The Labute approximate surface area is 95.5 Å². The number of rotatable bonds is 3. The molecule has 0 nitrogen and oxygen atoms in total. The van der Waals surface area contributed by atoms with E-state index in [1.54, 1.807) is 0 Å². The summed E-state index contributed by atoms with van der Waals surface area (Å²) < 4.78 is 0. The average Bonchev–Trinajstić information content (AvgIpc) is 2.16.